The van der Waals surface area contributed by atoms with Crippen LogP contribution in [0.1, 0.15) is 11.3 Å². The van der Waals surface area contributed by atoms with Gasteiger partial charge in [0.1, 0.15) is 11.6 Å². The van der Waals surface area contributed by atoms with Crippen LogP contribution in [-0.4, -0.2) is 88.8 Å². The van der Waals surface area contributed by atoms with Crippen molar-refractivity contribution < 1.29 is 18.6 Å². The number of aliphatic hydroxyl groups is 1. The van der Waals surface area contributed by atoms with Crippen molar-refractivity contribution in [2.75, 3.05) is 68.5 Å². The van der Waals surface area contributed by atoms with E-state index in [1.807, 2.05) is 22.8 Å². The smallest absolute Gasteiger partial charge is 0.224 e. The monoisotopic (exact) mass is 548 g/mol. The van der Waals surface area contributed by atoms with Crippen LogP contribution < -0.4 is 20.3 Å². The van der Waals surface area contributed by atoms with E-state index in [4.69, 9.17) is 10.5 Å². The summed E-state index contributed by atoms with van der Waals surface area (Å²) < 4.78 is 34.4. The van der Waals surface area contributed by atoms with Gasteiger partial charge in [0.05, 0.1) is 25.1 Å². The average molecular weight is 549 g/mol. The molecule has 0 amide bonds. The molecule has 0 saturated carbocycles. The summed E-state index contributed by atoms with van der Waals surface area (Å²) in [5.74, 6) is 0.386. The first-order chi connectivity index (χ1) is 17.8. The van der Waals surface area contributed by atoms with E-state index >= 15 is 0 Å². The predicted molar refractivity (Wildman–Crippen MR) is 144 cm³/mol. The molecule has 4 heterocycles. The van der Waals surface area contributed by atoms with Crippen LogP contribution in [0.25, 0.3) is 11.9 Å². The molecule has 204 valence electrons. The summed E-state index contributed by atoms with van der Waals surface area (Å²) in [5, 5.41) is 14.2. The lowest BCUT2D eigenvalue weighted by Crippen LogP contribution is -2.51. The molecule has 13 heteroatoms. The molecular weight excluding hydrogens is 518 g/mol. The third kappa shape index (κ3) is 5.66. The van der Waals surface area contributed by atoms with Crippen LogP contribution in [0.4, 0.5) is 26.2 Å². The number of nitrogens with zero attached hydrogens (tertiary/aromatic N) is 7. The molecule has 0 spiro atoms. The van der Waals surface area contributed by atoms with Gasteiger partial charge in [-0.25, -0.2) is 13.5 Å². The van der Waals surface area contributed by atoms with Crippen LogP contribution >= 0.6 is 12.4 Å². The highest BCUT2D eigenvalue weighted by Crippen LogP contribution is 2.35. The van der Waals surface area contributed by atoms with Crippen molar-refractivity contribution in [2.45, 2.75) is 13.0 Å². The van der Waals surface area contributed by atoms with Crippen molar-refractivity contribution in [3.63, 3.8) is 0 Å². The van der Waals surface area contributed by atoms with Crippen LogP contribution in [0.15, 0.2) is 30.5 Å². The summed E-state index contributed by atoms with van der Waals surface area (Å²) in [6.07, 6.45) is 5.44. The molecule has 0 radical (unpaired) electrons. The van der Waals surface area contributed by atoms with E-state index < -0.39 is 17.7 Å². The summed E-state index contributed by atoms with van der Waals surface area (Å²) >= 11 is 0. The number of aromatic nitrogens is 4. The number of aliphatic hydroxyl groups excluding tert-OH is 1. The maximum Gasteiger partial charge on any atom is 0.224 e. The molecule has 0 unspecified atom stereocenters. The molecule has 0 atom stereocenters. The largest absolute Gasteiger partial charge is 0.490 e. The van der Waals surface area contributed by atoms with Crippen molar-refractivity contribution in [3.05, 3.63) is 53.4 Å². The molecule has 0 bridgehead atoms. The molecule has 3 aromatic rings. The first-order valence-electron chi connectivity index (χ1n) is 12.1. The molecule has 5 rings (SSSR count). The highest BCUT2D eigenvalue weighted by atomic mass is 35.5. The Labute approximate surface area is 225 Å². The van der Waals surface area contributed by atoms with Gasteiger partial charge in [0.2, 0.25) is 17.5 Å². The maximum atomic E-state index is 13.6. The number of rotatable bonds is 7. The predicted octanol–water partition coefficient (Wildman–Crippen LogP) is 2.28. The average Bonchev–Trinajstić information content (AvgIpc) is 3.21. The molecule has 2 saturated heterocycles. The van der Waals surface area contributed by atoms with E-state index in [1.165, 1.54) is 12.1 Å². The molecule has 1 aromatic carbocycles. The van der Waals surface area contributed by atoms with E-state index in [9.17, 15) is 13.9 Å². The van der Waals surface area contributed by atoms with E-state index in [0.29, 0.717) is 49.3 Å². The van der Waals surface area contributed by atoms with Gasteiger partial charge in [-0.2, -0.15) is 15.1 Å². The molecule has 3 N–H and O–H groups in total. The minimum absolute atomic E-state index is 0. The Kier molecular flexibility index (Phi) is 8.34. The van der Waals surface area contributed by atoms with Gasteiger partial charge in [-0.15, -0.1) is 12.4 Å². The van der Waals surface area contributed by atoms with E-state index in [-0.39, 0.29) is 18.4 Å². The summed E-state index contributed by atoms with van der Waals surface area (Å²) in [7, 11) is 1.54. The van der Waals surface area contributed by atoms with Gasteiger partial charge >= 0.3 is 0 Å². The number of hydrogen-bond acceptors (Lipinski definition) is 9. The second-order valence-corrected chi connectivity index (χ2v) is 9.24. The van der Waals surface area contributed by atoms with Crippen LogP contribution in [0.3, 0.4) is 0 Å². The lowest BCUT2D eigenvalue weighted by molar-refractivity contribution is 0.140. The fourth-order valence-corrected chi connectivity index (χ4v) is 4.65. The van der Waals surface area contributed by atoms with Crippen LogP contribution in [-0.2, 0) is 0 Å². The van der Waals surface area contributed by atoms with Crippen LogP contribution in [0.2, 0.25) is 0 Å². The Bertz CT molecular complexity index is 1290. The van der Waals surface area contributed by atoms with Gasteiger partial charge in [-0.05, 0) is 19.1 Å². The van der Waals surface area contributed by atoms with Crippen molar-refractivity contribution >= 4 is 35.9 Å². The number of nitrogen functional groups attached to an aromatic ring is 1. The van der Waals surface area contributed by atoms with Gasteiger partial charge in [0, 0.05) is 63.1 Å². The van der Waals surface area contributed by atoms with E-state index in [1.54, 1.807) is 18.0 Å². The number of halogens is 3. The number of methoxy groups -OCH3 is 1. The molecule has 2 aliphatic rings. The third-order valence-electron chi connectivity index (χ3n) is 6.71. The fraction of sp³-hybridized carbons (Fsp3) is 0.400. The minimum Gasteiger partial charge on any atom is -0.490 e. The Morgan fingerprint density at radius 1 is 1.05 bits per heavy atom. The van der Waals surface area contributed by atoms with E-state index in [0.717, 1.165) is 37.0 Å². The Morgan fingerprint density at radius 2 is 1.71 bits per heavy atom. The normalized spacial score (nSPS) is 16.6. The second-order valence-electron chi connectivity index (χ2n) is 9.24. The molecule has 2 aliphatic heterocycles. The zero-order valence-electron chi connectivity index (χ0n) is 21.2. The van der Waals surface area contributed by atoms with Crippen molar-refractivity contribution in [1.82, 2.24) is 24.6 Å². The molecular formula is C25H31ClF2N8O2. The zero-order chi connectivity index (χ0) is 26.1. The first-order valence-corrected chi connectivity index (χ1v) is 12.1. The van der Waals surface area contributed by atoms with Crippen molar-refractivity contribution in [2.24, 2.45) is 0 Å². The molecule has 2 fully saturated rings. The lowest BCUT2D eigenvalue weighted by Gasteiger charge is -2.37. The SMILES string of the molecule is COc1c(N2CC(O)C2)nc(N)nc1-n1ncc(C=CCN2CCN(c3cc(F)cc(F)c3)CC2)c1C.Cl. The van der Waals surface area contributed by atoms with Gasteiger partial charge in [0.15, 0.2) is 5.82 Å². The van der Waals surface area contributed by atoms with Gasteiger partial charge < -0.3 is 25.4 Å². The second kappa shape index (κ2) is 11.5. The summed E-state index contributed by atoms with van der Waals surface area (Å²) in [4.78, 5) is 14.9. The van der Waals surface area contributed by atoms with E-state index in [2.05, 4.69) is 26.0 Å². The quantitative estimate of drug-likeness (QED) is 0.459. The number of piperazine rings is 1. The third-order valence-corrected chi connectivity index (χ3v) is 6.71. The first kappa shape index (κ1) is 27.6. The van der Waals surface area contributed by atoms with Gasteiger partial charge in [-0.3, -0.25) is 4.90 Å². The van der Waals surface area contributed by atoms with Crippen molar-refractivity contribution in [3.8, 4) is 11.6 Å². The molecule has 2 aromatic heterocycles. The molecule has 10 nitrogen and oxygen atoms in total. The number of β-amino-alcohol motifs (C(OH)–C–C–N with tert-alkyl or cyclic N) is 1. The highest BCUT2D eigenvalue weighted by Gasteiger charge is 2.31. The topological polar surface area (TPSA) is 109 Å². The lowest BCUT2D eigenvalue weighted by atomic mass is 10.1. The van der Waals surface area contributed by atoms with Gasteiger partial charge in [-0.1, -0.05) is 12.2 Å². The Hall–Kier alpha value is -3.48. The summed E-state index contributed by atoms with van der Waals surface area (Å²) in [6.45, 7) is 6.53. The van der Waals surface area contributed by atoms with Crippen LogP contribution in [0, 0.1) is 18.6 Å². The van der Waals surface area contributed by atoms with Crippen LogP contribution in [0.5, 0.6) is 5.75 Å². The number of benzene rings is 1. The number of nitrogens with two attached hydrogens (primary N) is 1. The minimum atomic E-state index is -0.561. The Balaban J connectivity index is 0.00000336. The number of hydrogen-bond donors (Lipinski definition) is 2. The standard InChI is InChI=1S/C25H30F2N8O2.ClH/c1-16-17(4-3-5-32-6-8-33(9-7-32)20-11-18(26)10-19(27)12-20)13-29-35(16)24-22(37-2)23(30-25(28)31-24)34-14-21(36)15-34;/h3-4,10-13,21,36H,5-9,14-15H2,1-2H3,(H2,28,30,31);1H. The highest BCUT2D eigenvalue weighted by molar-refractivity contribution is 5.85. The molecule has 0 aliphatic carbocycles. The number of ether oxygens (including phenoxy) is 1. The maximum absolute atomic E-state index is 13.6. The molecule has 38 heavy (non-hydrogen) atoms. The zero-order valence-corrected chi connectivity index (χ0v) is 22.0. The number of anilines is 3. The summed E-state index contributed by atoms with van der Waals surface area (Å²) in [5.41, 5.74) is 8.35. The summed E-state index contributed by atoms with van der Waals surface area (Å²) in [6, 6.07) is 3.63. The Morgan fingerprint density at radius 3 is 2.34 bits per heavy atom. The van der Waals surface area contributed by atoms with Crippen molar-refractivity contribution in [1.29, 1.82) is 0 Å². The van der Waals surface area contributed by atoms with Gasteiger partial charge in [0.25, 0.3) is 0 Å². The fourth-order valence-electron chi connectivity index (χ4n) is 4.65.